The summed E-state index contributed by atoms with van der Waals surface area (Å²) in [7, 11) is 0. The summed E-state index contributed by atoms with van der Waals surface area (Å²) in [5.74, 6) is -0.00760. The fraction of sp³-hybridized carbons (Fsp3) is 0.421. The zero-order chi connectivity index (χ0) is 19.1. The van der Waals surface area contributed by atoms with E-state index in [4.69, 9.17) is 5.73 Å². The number of phenolic OH excluding ortho intramolecular Hbond substituents is 1. The highest BCUT2D eigenvalue weighted by atomic mass is 16.3. The van der Waals surface area contributed by atoms with Crippen molar-refractivity contribution in [1.82, 2.24) is 15.3 Å². The number of nitrogens with one attached hydrogen (secondary N) is 2. The van der Waals surface area contributed by atoms with Crippen LogP contribution in [-0.2, 0) is 17.6 Å². The number of phenols is 1. The summed E-state index contributed by atoms with van der Waals surface area (Å²) < 4.78 is 0. The van der Waals surface area contributed by atoms with Gasteiger partial charge in [-0.3, -0.25) is 14.6 Å². The fourth-order valence-corrected chi connectivity index (χ4v) is 2.68. The first kappa shape index (κ1) is 19.7. The lowest BCUT2D eigenvalue weighted by Crippen LogP contribution is -2.42. The van der Waals surface area contributed by atoms with E-state index >= 15 is 0 Å². The van der Waals surface area contributed by atoms with Gasteiger partial charge in [0.15, 0.2) is 0 Å². The zero-order valence-corrected chi connectivity index (χ0v) is 15.2. The molecule has 1 aromatic carbocycles. The van der Waals surface area contributed by atoms with Gasteiger partial charge >= 0.3 is 0 Å². The molecule has 0 saturated heterocycles. The van der Waals surface area contributed by atoms with E-state index < -0.39 is 6.04 Å². The van der Waals surface area contributed by atoms with E-state index in [1.54, 1.807) is 31.2 Å². The van der Waals surface area contributed by atoms with Crippen molar-refractivity contribution in [3.63, 3.8) is 0 Å². The van der Waals surface area contributed by atoms with E-state index in [1.807, 2.05) is 6.92 Å². The van der Waals surface area contributed by atoms with Gasteiger partial charge in [-0.15, -0.1) is 0 Å². The number of carbonyl (C=O) groups excluding carboxylic acids is 1. The second-order valence-corrected chi connectivity index (χ2v) is 6.44. The Morgan fingerprint density at radius 2 is 1.92 bits per heavy atom. The average Bonchev–Trinajstić information content (AvgIpc) is 2.60. The van der Waals surface area contributed by atoms with Crippen LogP contribution in [0.25, 0.3) is 0 Å². The number of carbonyl (C=O) groups is 1. The van der Waals surface area contributed by atoms with E-state index in [1.165, 1.54) is 0 Å². The Labute approximate surface area is 152 Å². The Bertz CT molecular complexity index is 799. The third kappa shape index (κ3) is 5.70. The predicted molar refractivity (Wildman–Crippen MR) is 100 cm³/mol. The lowest BCUT2D eigenvalue weighted by molar-refractivity contribution is -0.122. The number of H-pyrrole nitrogens is 1. The molecule has 0 aliphatic heterocycles. The van der Waals surface area contributed by atoms with E-state index in [-0.39, 0.29) is 17.2 Å². The van der Waals surface area contributed by atoms with Crippen molar-refractivity contribution >= 4 is 5.91 Å². The molecule has 1 amide bonds. The van der Waals surface area contributed by atoms with Crippen LogP contribution in [0.5, 0.6) is 5.75 Å². The monoisotopic (exact) mass is 358 g/mol. The highest BCUT2D eigenvalue weighted by Gasteiger charge is 2.13. The normalized spacial score (nSPS) is 12.0. The molecule has 0 bridgehead atoms. The third-order valence-electron chi connectivity index (χ3n) is 4.25. The molecule has 7 heteroatoms. The van der Waals surface area contributed by atoms with Crippen molar-refractivity contribution in [2.45, 2.75) is 45.6 Å². The van der Waals surface area contributed by atoms with Gasteiger partial charge in [-0.25, -0.2) is 0 Å². The summed E-state index contributed by atoms with van der Waals surface area (Å²) in [6.07, 6.45) is 2.74. The van der Waals surface area contributed by atoms with E-state index in [9.17, 15) is 14.7 Å². The van der Waals surface area contributed by atoms with Crippen LogP contribution in [0.2, 0.25) is 0 Å². The number of aryl methyl sites for hydroxylation is 3. The summed E-state index contributed by atoms with van der Waals surface area (Å²) in [4.78, 5) is 30.7. The summed E-state index contributed by atoms with van der Waals surface area (Å²) in [6, 6.07) is 6.03. The molecule has 140 valence electrons. The molecule has 0 aliphatic rings. The largest absolute Gasteiger partial charge is 0.508 e. The molecule has 0 saturated carbocycles. The number of unbranched alkanes of at least 4 members (excludes halogenated alkanes) is 1. The topological polar surface area (TPSA) is 121 Å². The number of nitrogens with two attached hydrogens (primary N) is 1. The molecule has 2 rings (SSSR count). The maximum Gasteiger partial charge on any atom is 0.269 e. The minimum absolute atomic E-state index is 0.154. The number of hydrogen-bond donors (Lipinski definition) is 4. The molecule has 0 unspecified atom stereocenters. The minimum atomic E-state index is -0.626. The number of amides is 1. The van der Waals surface area contributed by atoms with E-state index in [0.717, 1.165) is 29.8 Å². The molecular formula is C19H26N4O3. The number of aromatic nitrogens is 2. The van der Waals surface area contributed by atoms with Crippen LogP contribution < -0.4 is 16.6 Å². The van der Waals surface area contributed by atoms with Crippen molar-refractivity contribution in [2.75, 3.05) is 6.54 Å². The first-order valence-corrected chi connectivity index (χ1v) is 8.74. The molecule has 7 nitrogen and oxygen atoms in total. The number of benzene rings is 1. The first-order valence-electron chi connectivity index (χ1n) is 8.74. The second-order valence-electron chi connectivity index (χ2n) is 6.44. The zero-order valence-electron chi connectivity index (χ0n) is 15.2. The van der Waals surface area contributed by atoms with Gasteiger partial charge in [0.2, 0.25) is 5.91 Å². The number of rotatable bonds is 8. The molecule has 0 radical (unpaired) electrons. The average molecular weight is 358 g/mol. The van der Waals surface area contributed by atoms with Gasteiger partial charge in [-0.05, 0) is 57.2 Å². The van der Waals surface area contributed by atoms with Crippen LogP contribution >= 0.6 is 0 Å². The number of nitrogens with zero attached hydrogens (tertiary/aromatic N) is 1. The van der Waals surface area contributed by atoms with Crippen LogP contribution in [0.15, 0.2) is 29.1 Å². The van der Waals surface area contributed by atoms with Crippen molar-refractivity contribution < 1.29 is 9.90 Å². The Morgan fingerprint density at radius 3 is 2.62 bits per heavy atom. The maximum absolute atomic E-state index is 12.0. The van der Waals surface area contributed by atoms with Crippen molar-refractivity contribution in [2.24, 2.45) is 5.73 Å². The highest BCUT2D eigenvalue weighted by Crippen LogP contribution is 2.11. The maximum atomic E-state index is 12.0. The van der Waals surface area contributed by atoms with Gasteiger partial charge < -0.3 is 21.1 Å². The van der Waals surface area contributed by atoms with Gasteiger partial charge in [0, 0.05) is 12.2 Å². The molecule has 1 aromatic heterocycles. The molecule has 2 aromatic rings. The molecular weight excluding hydrogens is 332 g/mol. The third-order valence-corrected chi connectivity index (χ3v) is 4.25. The van der Waals surface area contributed by atoms with Crippen molar-refractivity contribution in [3.8, 4) is 5.75 Å². The SMILES string of the molecule is Cc1nc(C)c(=O)[nH]c1CCCCNC(=O)[C@@H](N)Cc1ccc(O)cc1. The molecule has 26 heavy (non-hydrogen) atoms. The quantitative estimate of drug-likeness (QED) is 0.527. The standard InChI is InChI=1S/C19H26N4O3/c1-12-17(23-18(25)13(2)22-12)5-3-4-10-21-19(26)16(20)11-14-6-8-15(24)9-7-14/h6-9,16,24H,3-5,10-11,20H2,1-2H3,(H,21,26)(H,23,25)/t16-/m0/s1. The van der Waals surface area contributed by atoms with Gasteiger partial charge in [0.1, 0.15) is 11.4 Å². The highest BCUT2D eigenvalue weighted by molar-refractivity contribution is 5.81. The molecule has 5 N–H and O–H groups in total. The van der Waals surface area contributed by atoms with Crippen molar-refractivity contribution in [3.05, 3.63) is 57.3 Å². The first-order chi connectivity index (χ1) is 12.4. The predicted octanol–water partition coefficient (Wildman–Crippen LogP) is 1.10. The summed E-state index contributed by atoms with van der Waals surface area (Å²) >= 11 is 0. The van der Waals surface area contributed by atoms with Crippen LogP contribution in [0.4, 0.5) is 0 Å². The van der Waals surface area contributed by atoms with Gasteiger partial charge in [-0.1, -0.05) is 12.1 Å². The minimum Gasteiger partial charge on any atom is -0.508 e. The molecule has 0 fully saturated rings. The molecule has 1 atom stereocenters. The van der Waals surface area contributed by atoms with Crippen LogP contribution in [0.1, 0.15) is 35.5 Å². The second kappa shape index (κ2) is 9.15. The van der Waals surface area contributed by atoms with E-state index in [0.29, 0.717) is 25.1 Å². The van der Waals surface area contributed by atoms with Gasteiger partial charge in [-0.2, -0.15) is 0 Å². The lowest BCUT2D eigenvalue weighted by atomic mass is 10.1. The van der Waals surface area contributed by atoms with Gasteiger partial charge in [0.25, 0.3) is 5.56 Å². The van der Waals surface area contributed by atoms with Gasteiger partial charge in [0.05, 0.1) is 11.7 Å². The van der Waals surface area contributed by atoms with Crippen LogP contribution in [0.3, 0.4) is 0 Å². The fourth-order valence-electron chi connectivity index (χ4n) is 2.68. The van der Waals surface area contributed by atoms with E-state index in [2.05, 4.69) is 15.3 Å². The summed E-state index contributed by atoms with van der Waals surface area (Å²) in [5.41, 5.74) is 8.82. The Kier molecular flexibility index (Phi) is 6.91. The Morgan fingerprint density at radius 1 is 1.23 bits per heavy atom. The van der Waals surface area contributed by atoms with Crippen LogP contribution in [-0.4, -0.2) is 33.6 Å². The van der Waals surface area contributed by atoms with Crippen molar-refractivity contribution in [1.29, 1.82) is 0 Å². The molecule has 0 spiro atoms. The number of aromatic hydroxyl groups is 1. The smallest absolute Gasteiger partial charge is 0.269 e. The molecule has 0 aliphatic carbocycles. The number of hydrogen-bond acceptors (Lipinski definition) is 5. The number of aromatic amines is 1. The Hall–Kier alpha value is -2.67. The lowest BCUT2D eigenvalue weighted by Gasteiger charge is -2.12. The summed E-state index contributed by atoms with van der Waals surface area (Å²) in [5, 5.41) is 12.1. The van der Waals surface area contributed by atoms with Crippen LogP contribution in [0, 0.1) is 13.8 Å². The molecule has 1 heterocycles. The summed E-state index contributed by atoms with van der Waals surface area (Å²) in [6.45, 7) is 4.10. The Balaban J connectivity index is 1.70.